The maximum Gasteiger partial charge on any atom is 0.220 e. The number of hydrogen-bond acceptors (Lipinski definition) is 2. The lowest BCUT2D eigenvalue weighted by Gasteiger charge is -2.25. The van der Waals surface area contributed by atoms with Crippen LogP contribution in [0.3, 0.4) is 0 Å². The molecule has 0 aromatic carbocycles. The molecule has 0 aromatic heterocycles. The zero-order chi connectivity index (χ0) is 12.6. The highest BCUT2D eigenvalue weighted by Crippen LogP contribution is 2.20. The number of carbonyl (C=O) groups excluding carboxylic acids is 1. The van der Waals surface area contributed by atoms with Crippen molar-refractivity contribution < 1.29 is 4.79 Å². The van der Waals surface area contributed by atoms with Crippen LogP contribution in [-0.2, 0) is 4.79 Å². The molecule has 0 rings (SSSR count). The van der Waals surface area contributed by atoms with Gasteiger partial charge in [0.15, 0.2) is 0 Å². The van der Waals surface area contributed by atoms with Gasteiger partial charge in [0.1, 0.15) is 0 Å². The molecule has 0 aliphatic rings. The van der Waals surface area contributed by atoms with Crippen LogP contribution in [0.2, 0.25) is 0 Å². The molecule has 1 amide bonds. The van der Waals surface area contributed by atoms with Crippen molar-refractivity contribution in [3.8, 4) is 0 Å². The highest BCUT2D eigenvalue weighted by atomic mass is 16.1. The summed E-state index contributed by atoms with van der Waals surface area (Å²) in [5, 5.41) is 3.02. The van der Waals surface area contributed by atoms with E-state index in [2.05, 4.69) is 33.0 Å². The summed E-state index contributed by atoms with van der Waals surface area (Å²) in [7, 11) is 0. The molecule has 0 heterocycles. The summed E-state index contributed by atoms with van der Waals surface area (Å²) < 4.78 is 0. The Kier molecular flexibility index (Phi) is 7.39. The van der Waals surface area contributed by atoms with Gasteiger partial charge >= 0.3 is 0 Å². The number of nitrogens with two attached hydrogens (primary N) is 1. The number of hydrogen-bond donors (Lipinski definition) is 2. The molecule has 3 heteroatoms. The van der Waals surface area contributed by atoms with E-state index < -0.39 is 0 Å². The van der Waals surface area contributed by atoms with E-state index in [9.17, 15) is 4.79 Å². The second kappa shape index (κ2) is 7.66. The van der Waals surface area contributed by atoms with E-state index in [0.29, 0.717) is 12.3 Å². The van der Waals surface area contributed by atoms with Crippen molar-refractivity contribution in [2.45, 2.75) is 53.4 Å². The predicted molar refractivity (Wildman–Crippen MR) is 69.2 cm³/mol. The second-order valence-corrected chi connectivity index (χ2v) is 5.55. The van der Waals surface area contributed by atoms with E-state index in [0.717, 1.165) is 32.4 Å². The van der Waals surface area contributed by atoms with Crippen LogP contribution in [0.5, 0.6) is 0 Å². The summed E-state index contributed by atoms with van der Waals surface area (Å²) in [5.41, 5.74) is 5.65. The fourth-order valence-corrected chi connectivity index (χ4v) is 1.54. The van der Waals surface area contributed by atoms with Crippen LogP contribution >= 0.6 is 0 Å². The first-order valence-corrected chi connectivity index (χ1v) is 6.38. The summed E-state index contributed by atoms with van der Waals surface area (Å²) in [6.07, 6.45) is 3.79. The van der Waals surface area contributed by atoms with Crippen LogP contribution in [0.1, 0.15) is 53.4 Å². The fraction of sp³-hybridized carbons (Fsp3) is 0.923. The Morgan fingerprint density at radius 2 is 2.06 bits per heavy atom. The molecule has 0 saturated heterocycles. The van der Waals surface area contributed by atoms with Gasteiger partial charge in [-0.1, -0.05) is 34.1 Å². The Bertz CT molecular complexity index is 202. The van der Waals surface area contributed by atoms with Gasteiger partial charge in [-0.15, -0.1) is 0 Å². The van der Waals surface area contributed by atoms with Crippen LogP contribution in [0.15, 0.2) is 0 Å². The third kappa shape index (κ3) is 7.69. The molecule has 16 heavy (non-hydrogen) atoms. The van der Waals surface area contributed by atoms with Gasteiger partial charge in [0.25, 0.3) is 0 Å². The third-order valence-electron chi connectivity index (χ3n) is 3.05. The molecule has 3 nitrogen and oxygen atoms in total. The first-order valence-electron chi connectivity index (χ1n) is 6.38. The van der Waals surface area contributed by atoms with Crippen LogP contribution in [0, 0.1) is 11.3 Å². The minimum absolute atomic E-state index is 0.157. The molecule has 0 fully saturated rings. The Morgan fingerprint density at radius 1 is 1.44 bits per heavy atom. The lowest BCUT2D eigenvalue weighted by Crippen LogP contribution is -2.34. The minimum atomic E-state index is 0.157. The molecule has 0 bridgehead atoms. The lowest BCUT2D eigenvalue weighted by atomic mass is 9.87. The van der Waals surface area contributed by atoms with Crippen molar-refractivity contribution in [1.82, 2.24) is 5.32 Å². The predicted octanol–water partition coefficient (Wildman–Crippen LogP) is 2.30. The van der Waals surface area contributed by atoms with Gasteiger partial charge in [0, 0.05) is 13.0 Å². The molecule has 0 aliphatic heterocycles. The highest BCUT2D eigenvalue weighted by Gasteiger charge is 2.18. The molecule has 0 aromatic rings. The van der Waals surface area contributed by atoms with E-state index >= 15 is 0 Å². The molecule has 96 valence electrons. The van der Waals surface area contributed by atoms with Gasteiger partial charge < -0.3 is 11.1 Å². The monoisotopic (exact) mass is 228 g/mol. The molecule has 1 unspecified atom stereocenters. The van der Waals surface area contributed by atoms with Gasteiger partial charge in [0.05, 0.1) is 0 Å². The highest BCUT2D eigenvalue weighted by molar-refractivity contribution is 5.76. The zero-order valence-corrected chi connectivity index (χ0v) is 11.3. The summed E-state index contributed by atoms with van der Waals surface area (Å²) in [6, 6.07) is 0. The van der Waals surface area contributed by atoms with E-state index in [-0.39, 0.29) is 11.3 Å². The Morgan fingerprint density at radius 3 is 2.56 bits per heavy atom. The number of amides is 1. The van der Waals surface area contributed by atoms with E-state index in [1.54, 1.807) is 0 Å². The Hall–Kier alpha value is -0.570. The third-order valence-corrected chi connectivity index (χ3v) is 3.05. The smallest absolute Gasteiger partial charge is 0.220 e. The second-order valence-electron chi connectivity index (χ2n) is 5.55. The van der Waals surface area contributed by atoms with Crippen LogP contribution in [0.25, 0.3) is 0 Å². The van der Waals surface area contributed by atoms with Gasteiger partial charge in [-0.25, -0.2) is 0 Å². The maximum atomic E-state index is 11.6. The van der Waals surface area contributed by atoms with Crippen LogP contribution < -0.4 is 11.1 Å². The summed E-state index contributed by atoms with van der Waals surface area (Å²) in [5.74, 6) is 0.655. The van der Waals surface area contributed by atoms with Crippen molar-refractivity contribution in [1.29, 1.82) is 0 Å². The maximum absolute atomic E-state index is 11.6. The molecule has 0 radical (unpaired) electrons. The van der Waals surface area contributed by atoms with Crippen molar-refractivity contribution in [2.75, 3.05) is 13.1 Å². The number of carbonyl (C=O) groups is 1. The van der Waals surface area contributed by atoms with E-state index in [1.165, 1.54) is 0 Å². The van der Waals surface area contributed by atoms with Crippen molar-refractivity contribution >= 4 is 5.91 Å². The minimum Gasteiger partial charge on any atom is -0.356 e. The largest absolute Gasteiger partial charge is 0.356 e. The summed E-state index contributed by atoms with van der Waals surface area (Å²) >= 11 is 0. The first kappa shape index (κ1) is 15.4. The summed E-state index contributed by atoms with van der Waals surface area (Å²) in [6.45, 7) is 10.0. The average molecular weight is 228 g/mol. The van der Waals surface area contributed by atoms with Crippen molar-refractivity contribution in [3.05, 3.63) is 0 Å². The quantitative estimate of drug-likeness (QED) is 0.670. The fourth-order valence-electron chi connectivity index (χ4n) is 1.54. The molecule has 3 N–H and O–H groups in total. The first-order chi connectivity index (χ1) is 7.41. The average Bonchev–Trinajstić information content (AvgIpc) is 2.24. The van der Waals surface area contributed by atoms with Gasteiger partial charge in [-0.2, -0.15) is 0 Å². The topological polar surface area (TPSA) is 55.1 Å². The van der Waals surface area contributed by atoms with E-state index in [4.69, 9.17) is 5.73 Å². The van der Waals surface area contributed by atoms with Crippen LogP contribution in [0.4, 0.5) is 0 Å². The molecular weight excluding hydrogens is 200 g/mol. The SMILES string of the molecule is CCC(C)CC(=O)NCC(C)(C)CCCN. The summed E-state index contributed by atoms with van der Waals surface area (Å²) in [4.78, 5) is 11.6. The molecule has 1 atom stereocenters. The van der Waals surface area contributed by atoms with Gasteiger partial charge in [-0.05, 0) is 30.7 Å². The van der Waals surface area contributed by atoms with Gasteiger partial charge in [-0.3, -0.25) is 4.79 Å². The number of nitrogens with one attached hydrogen (secondary N) is 1. The molecule has 0 aliphatic carbocycles. The molecular formula is C13H28N2O. The Balaban J connectivity index is 3.81. The van der Waals surface area contributed by atoms with Crippen molar-refractivity contribution in [2.24, 2.45) is 17.1 Å². The van der Waals surface area contributed by atoms with Gasteiger partial charge in [0.2, 0.25) is 5.91 Å². The standard InChI is InChI=1S/C13H28N2O/c1-5-11(2)9-12(16)15-10-13(3,4)7-6-8-14/h11H,5-10,14H2,1-4H3,(H,15,16). The lowest BCUT2D eigenvalue weighted by molar-refractivity contribution is -0.122. The normalized spacial score (nSPS) is 13.6. The molecule has 0 saturated carbocycles. The van der Waals surface area contributed by atoms with E-state index in [1.807, 2.05) is 0 Å². The molecule has 0 spiro atoms. The number of rotatable bonds is 8. The van der Waals surface area contributed by atoms with Crippen LogP contribution in [-0.4, -0.2) is 19.0 Å². The Labute approximate surface area is 100 Å². The van der Waals surface area contributed by atoms with Crippen molar-refractivity contribution in [3.63, 3.8) is 0 Å². The zero-order valence-electron chi connectivity index (χ0n) is 11.3.